The summed E-state index contributed by atoms with van der Waals surface area (Å²) in [5, 5.41) is 0. The van der Waals surface area contributed by atoms with Crippen LogP contribution in [-0.2, 0) is 0 Å². The zero-order chi connectivity index (χ0) is 10.8. The number of benzene rings is 1. The number of aldehydes is 1. The molecule has 1 heterocycles. The molecule has 76 valence electrons. The highest BCUT2D eigenvalue weighted by atomic mass is 32.1. The molecule has 0 fully saturated rings. The quantitative estimate of drug-likeness (QED) is 0.792. The fourth-order valence-electron chi connectivity index (χ4n) is 1.30. The second-order valence-corrected chi connectivity index (χ2v) is 4.14. The molecule has 0 aliphatic heterocycles. The largest absolute Gasteiger partial charge is 0.397 e. The van der Waals surface area contributed by atoms with E-state index in [0.29, 0.717) is 16.9 Å². The lowest BCUT2D eigenvalue weighted by molar-refractivity contribution is 0.112. The van der Waals surface area contributed by atoms with Crippen LogP contribution in [0.5, 0.6) is 0 Å². The van der Waals surface area contributed by atoms with Crippen LogP contribution in [0.25, 0.3) is 10.4 Å². The normalized spacial score (nSPS) is 10.2. The third-order valence-electron chi connectivity index (χ3n) is 2.01. The lowest BCUT2D eigenvalue weighted by Crippen LogP contribution is -1.84. The molecule has 0 radical (unpaired) electrons. The molecular formula is C11H8FNOS. The van der Waals surface area contributed by atoms with E-state index in [9.17, 15) is 9.18 Å². The van der Waals surface area contributed by atoms with Gasteiger partial charge in [0.25, 0.3) is 0 Å². The molecule has 0 atom stereocenters. The van der Waals surface area contributed by atoms with Crippen LogP contribution in [0.1, 0.15) is 9.67 Å². The number of nitrogen functional groups attached to an aromatic ring is 1. The Morgan fingerprint density at radius 2 is 2.13 bits per heavy atom. The van der Waals surface area contributed by atoms with E-state index >= 15 is 0 Å². The van der Waals surface area contributed by atoms with Crippen molar-refractivity contribution in [3.63, 3.8) is 0 Å². The zero-order valence-electron chi connectivity index (χ0n) is 7.74. The second-order valence-electron chi connectivity index (χ2n) is 3.06. The third-order valence-corrected chi connectivity index (χ3v) is 3.13. The summed E-state index contributed by atoms with van der Waals surface area (Å²) in [6.07, 6.45) is 0.711. The minimum atomic E-state index is -0.299. The highest BCUT2D eigenvalue weighted by molar-refractivity contribution is 7.17. The Morgan fingerprint density at radius 1 is 1.33 bits per heavy atom. The second kappa shape index (κ2) is 3.82. The first kappa shape index (κ1) is 9.86. The molecule has 2 N–H and O–H groups in total. The predicted molar refractivity (Wildman–Crippen MR) is 59.5 cm³/mol. The van der Waals surface area contributed by atoms with Crippen molar-refractivity contribution in [3.8, 4) is 10.4 Å². The number of carbonyl (C=O) groups excluding carboxylic acids is 1. The van der Waals surface area contributed by atoms with Crippen molar-refractivity contribution in [3.05, 3.63) is 41.0 Å². The molecule has 4 heteroatoms. The summed E-state index contributed by atoms with van der Waals surface area (Å²) >= 11 is 1.26. The van der Waals surface area contributed by atoms with Crippen molar-refractivity contribution in [2.24, 2.45) is 0 Å². The van der Waals surface area contributed by atoms with E-state index in [1.807, 2.05) is 0 Å². The number of rotatable bonds is 2. The topological polar surface area (TPSA) is 43.1 Å². The number of hydrogen-bond acceptors (Lipinski definition) is 3. The van der Waals surface area contributed by atoms with Gasteiger partial charge in [-0.25, -0.2) is 4.39 Å². The lowest BCUT2D eigenvalue weighted by Gasteiger charge is -1.95. The fraction of sp³-hybridized carbons (Fsp3) is 0. The zero-order valence-corrected chi connectivity index (χ0v) is 8.55. The molecule has 1 aromatic carbocycles. The maximum Gasteiger partial charge on any atom is 0.162 e. The van der Waals surface area contributed by atoms with E-state index in [1.54, 1.807) is 18.2 Å². The van der Waals surface area contributed by atoms with Crippen molar-refractivity contribution < 1.29 is 9.18 Å². The minimum Gasteiger partial charge on any atom is -0.397 e. The van der Waals surface area contributed by atoms with E-state index in [0.717, 1.165) is 10.4 Å². The molecule has 15 heavy (non-hydrogen) atoms. The molecule has 0 saturated heterocycles. The Hall–Kier alpha value is -1.68. The molecular weight excluding hydrogens is 213 g/mol. The molecule has 2 aromatic rings. The fourth-order valence-corrected chi connectivity index (χ4v) is 2.19. The van der Waals surface area contributed by atoms with Gasteiger partial charge in [-0.05, 0) is 23.8 Å². The van der Waals surface area contributed by atoms with Gasteiger partial charge < -0.3 is 5.73 Å². The molecule has 0 aliphatic carbocycles. The van der Waals surface area contributed by atoms with E-state index in [2.05, 4.69) is 0 Å². The van der Waals surface area contributed by atoms with E-state index in [1.165, 1.54) is 23.5 Å². The van der Waals surface area contributed by atoms with Crippen LogP contribution < -0.4 is 5.73 Å². The third kappa shape index (κ3) is 1.89. The van der Waals surface area contributed by atoms with Gasteiger partial charge in [0, 0.05) is 4.88 Å². The van der Waals surface area contributed by atoms with Crippen LogP contribution >= 0.6 is 11.3 Å². The summed E-state index contributed by atoms with van der Waals surface area (Å²) in [5.74, 6) is -0.299. The van der Waals surface area contributed by atoms with Gasteiger partial charge >= 0.3 is 0 Å². The van der Waals surface area contributed by atoms with Crippen LogP contribution in [0.15, 0.2) is 30.3 Å². The number of halogens is 1. The van der Waals surface area contributed by atoms with Crippen LogP contribution in [0, 0.1) is 5.82 Å². The monoisotopic (exact) mass is 221 g/mol. The molecule has 0 saturated carbocycles. The van der Waals surface area contributed by atoms with Crippen LogP contribution in [0.2, 0.25) is 0 Å². The average molecular weight is 221 g/mol. The van der Waals surface area contributed by atoms with Crippen molar-refractivity contribution in [2.45, 2.75) is 0 Å². The summed E-state index contributed by atoms with van der Waals surface area (Å²) in [5.41, 5.74) is 6.79. The molecule has 0 spiro atoms. The minimum absolute atomic E-state index is 0.299. The predicted octanol–water partition coefficient (Wildman–Crippen LogP) is 2.95. The van der Waals surface area contributed by atoms with Gasteiger partial charge in [-0.2, -0.15) is 0 Å². The van der Waals surface area contributed by atoms with Gasteiger partial charge in [0.05, 0.1) is 10.6 Å². The number of nitrogens with two attached hydrogens (primary N) is 1. The first-order chi connectivity index (χ1) is 7.20. The number of hydrogen-bond donors (Lipinski definition) is 1. The van der Waals surface area contributed by atoms with Crippen LogP contribution in [0.3, 0.4) is 0 Å². The van der Waals surface area contributed by atoms with Gasteiger partial charge in [-0.1, -0.05) is 12.1 Å². The van der Waals surface area contributed by atoms with Gasteiger partial charge in [-0.3, -0.25) is 4.79 Å². The van der Waals surface area contributed by atoms with Crippen molar-refractivity contribution in [1.29, 1.82) is 0 Å². The number of carbonyl (C=O) groups is 1. The van der Waals surface area contributed by atoms with Gasteiger partial charge in [-0.15, -0.1) is 11.3 Å². The maximum absolute atomic E-state index is 12.9. The van der Waals surface area contributed by atoms with Crippen LogP contribution in [0.4, 0.5) is 10.1 Å². The molecule has 2 nitrogen and oxygen atoms in total. The molecule has 0 aliphatic rings. The summed E-state index contributed by atoms with van der Waals surface area (Å²) in [4.78, 5) is 11.9. The highest BCUT2D eigenvalue weighted by Crippen LogP contribution is 2.32. The molecule has 0 amide bonds. The Labute approximate surface area is 90.2 Å². The van der Waals surface area contributed by atoms with E-state index in [-0.39, 0.29) is 5.82 Å². The highest BCUT2D eigenvalue weighted by Gasteiger charge is 2.07. The van der Waals surface area contributed by atoms with Crippen molar-refractivity contribution >= 4 is 23.3 Å². The Morgan fingerprint density at radius 3 is 2.73 bits per heavy atom. The summed E-state index contributed by atoms with van der Waals surface area (Å²) < 4.78 is 12.9. The smallest absolute Gasteiger partial charge is 0.162 e. The number of anilines is 1. The Kier molecular flexibility index (Phi) is 2.51. The Bertz CT molecular complexity index is 507. The summed E-state index contributed by atoms with van der Waals surface area (Å²) in [6, 6.07) is 7.88. The molecule has 0 unspecified atom stereocenters. The van der Waals surface area contributed by atoms with Gasteiger partial charge in [0.15, 0.2) is 6.29 Å². The maximum atomic E-state index is 12.9. The summed E-state index contributed by atoms with van der Waals surface area (Å²) in [6.45, 7) is 0. The van der Waals surface area contributed by atoms with Gasteiger partial charge in [0.2, 0.25) is 0 Å². The van der Waals surface area contributed by atoms with Crippen molar-refractivity contribution in [2.75, 3.05) is 5.73 Å². The van der Waals surface area contributed by atoms with E-state index < -0.39 is 0 Å². The van der Waals surface area contributed by atoms with Crippen molar-refractivity contribution in [1.82, 2.24) is 0 Å². The van der Waals surface area contributed by atoms with Gasteiger partial charge in [0.1, 0.15) is 5.82 Å². The Balaban J connectivity index is 2.49. The van der Waals surface area contributed by atoms with E-state index in [4.69, 9.17) is 5.73 Å². The standard InChI is InChI=1S/C11H8FNOS/c12-8-3-1-2-7(4-8)10-5-9(13)11(6-14)15-10/h1-6H,13H2. The molecule has 0 bridgehead atoms. The summed E-state index contributed by atoms with van der Waals surface area (Å²) in [7, 11) is 0. The lowest BCUT2D eigenvalue weighted by atomic mass is 10.2. The SMILES string of the molecule is Nc1cc(-c2cccc(F)c2)sc1C=O. The molecule has 1 aromatic heterocycles. The first-order valence-electron chi connectivity index (χ1n) is 4.31. The first-order valence-corrected chi connectivity index (χ1v) is 5.13. The molecule has 2 rings (SSSR count). The average Bonchev–Trinajstić information content (AvgIpc) is 2.60. The number of thiophene rings is 1. The van der Waals surface area contributed by atoms with Crippen LogP contribution in [-0.4, -0.2) is 6.29 Å².